The maximum atomic E-state index is 12.2. The zero-order valence-electron chi connectivity index (χ0n) is 14.3. The normalized spacial score (nSPS) is 12.6. The molecule has 4 rings (SSSR count). The molecular weight excluding hydrogens is 338 g/mol. The smallest absolute Gasteiger partial charge is 0.322 e. The minimum Gasteiger partial charge on any atom is -0.454 e. The molecule has 9 nitrogen and oxygen atoms in total. The van der Waals surface area contributed by atoms with E-state index in [4.69, 9.17) is 13.9 Å². The van der Waals surface area contributed by atoms with Crippen LogP contribution in [0.25, 0.3) is 11.6 Å². The molecule has 1 aromatic carbocycles. The number of carbonyl (C=O) groups is 1. The summed E-state index contributed by atoms with van der Waals surface area (Å²) >= 11 is 0. The molecule has 26 heavy (non-hydrogen) atoms. The Hall–Kier alpha value is -3.36. The van der Waals surface area contributed by atoms with Crippen LogP contribution in [0, 0.1) is 0 Å². The van der Waals surface area contributed by atoms with Crippen molar-refractivity contribution in [2.24, 2.45) is 0 Å². The number of carbonyl (C=O) groups excluding carboxylic acids is 1. The highest BCUT2D eigenvalue weighted by Crippen LogP contribution is 2.32. The van der Waals surface area contributed by atoms with Crippen molar-refractivity contribution in [1.29, 1.82) is 0 Å². The average Bonchev–Trinajstić information content (AvgIpc) is 3.34. The van der Waals surface area contributed by atoms with Gasteiger partial charge in [-0.05, 0) is 37.6 Å². The molecule has 0 saturated carbocycles. The molecule has 0 bridgehead atoms. The lowest BCUT2D eigenvalue weighted by molar-refractivity contribution is -0.115. The summed E-state index contributed by atoms with van der Waals surface area (Å²) in [5, 5.41) is 14.7. The van der Waals surface area contributed by atoms with Crippen molar-refractivity contribution < 1.29 is 18.7 Å². The predicted octanol–water partition coefficient (Wildman–Crippen LogP) is 2.42. The van der Waals surface area contributed by atoms with Crippen molar-refractivity contribution in [3.8, 4) is 23.1 Å². The van der Waals surface area contributed by atoms with E-state index in [1.54, 1.807) is 29.1 Å². The first kappa shape index (κ1) is 16.1. The first-order chi connectivity index (χ1) is 12.6. The summed E-state index contributed by atoms with van der Waals surface area (Å²) in [5.74, 6) is 1.35. The van der Waals surface area contributed by atoms with E-state index in [1.165, 1.54) is 0 Å². The Morgan fingerprint density at radius 1 is 1.23 bits per heavy atom. The Kier molecular flexibility index (Phi) is 4.04. The van der Waals surface area contributed by atoms with E-state index in [0.29, 0.717) is 23.1 Å². The van der Waals surface area contributed by atoms with Gasteiger partial charge < -0.3 is 13.9 Å². The number of fused-ring (bicyclic) bond motifs is 1. The van der Waals surface area contributed by atoms with Gasteiger partial charge in [0.25, 0.3) is 5.89 Å². The molecule has 0 atom stereocenters. The summed E-state index contributed by atoms with van der Waals surface area (Å²) in [4.78, 5) is 12.2. The molecule has 1 aliphatic heterocycles. The Balaban J connectivity index is 1.44. The number of ether oxygens (including phenoxy) is 2. The molecule has 134 valence electrons. The van der Waals surface area contributed by atoms with Gasteiger partial charge in [0, 0.05) is 12.2 Å². The number of hydrogen-bond donors (Lipinski definition) is 1. The van der Waals surface area contributed by atoms with Crippen LogP contribution in [0.2, 0.25) is 0 Å². The van der Waals surface area contributed by atoms with Crippen molar-refractivity contribution in [3.63, 3.8) is 0 Å². The van der Waals surface area contributed by atoms with Gasteiger partial charge in [0.2, 0.25) is 12.7 Å². The molecule has 1 aliphatic rings. The summed E-state index contributed by atoms with van der Waals surface area (Å²) in [7, 11) is 0. The fourth-order valence-corrected chi connectivity index (χ4v) is 2.67. The van der Waals surface area contributed by atoms with Gasteiger partial charge in [0.05, 0.1) is 6.42 Å². The summed E-state index contributed by atoms with van der Waals surface area (Å²) in [6.07, 6.45) is 1.82. The Morgan fingerprint density at radius 2 is 2.08 bits per heavy atom. The Morgan fingerprint density at radius 3 is 2.92 bits per heavy atom. The van der Waals surface area contributed by atoms with E-state index in [9.17, 15) is 4.79 Å². The number of benzene rings is 1. The first-order valence-corrected chi connectivity index (χ1v) is 8.16. The highest BCUT2D eigenvalue weighted by molar-refractivity contribution is 5.90. The van der Waals surface area contributed by atoms with Gasteiger partial charge in [-0.1, -0.05) is 11.2 Å². The number of amides is 1. The van der Waals surface area contributed by atoms with Gasteiger partial charge in [-0.2, -0.15) is 5.10 Å². The topological polar surface area (TPSA) is 104 Å². The Bertz CT molecular complexity index is 946. The maximum Gasteiger partial charge on any atom is 0.322 e. The van der Waals surface area contributed by atoms with E-state index >= 15 is 0 Å². The van der Waals surface area contributed by atoms with E-state index < -0.39 is 0 Å². The third-order valence-corrected chi connectivity index (χ3v) is 3.85. The minimum atomic E-state index is -0.267. The van der Waals surface area contributed by atoms with Crippen molar-refractivity contribution in [3.05, 3.63) is 36.0 Å². The van der Waals surface area contributed by atoms with E-state index in [2.05, 4.69) is 20.6 Å². The maximum absolute atomic E-state index is 12.2. The van der Waals surface area contributed by atoms with Crippen LogP contribution in [-0.2, 0) is 11.2 Å². The second-order valence-corrected chi connectivity index (χ2v) is 6.08. The van der Waals surface area contributed by atoms with Gasteiger partial charge in [-0.15, -0.1) is 5.10 Å². The van der Waals surface area contributed by atoms with E-state index in [0.717, 1.165) is 5.56 Å². The van der Waals surface area contributed by atoms with Crippen LogP contribution < -0.4 is 14.8 Å². The lowest BCUT2D eigenvalue weighted by Crippen LogP contribution is -2.14. The predicted molar refractivity (Wildman–Crippen MR) is 90.8 cm³/mol. The molecule has 0 aliphatic carbocycles. The van der Waals surface area contributed by atoms with Crippen molar-refractivity contribution in [2.45, 2.75) is 26.3 Å². The molecule has 9 heteroatoms. The zero-order chi connectivity index (χ0) is 18.1. The highest BCUT2D eigenvalue weighted by Gasteiger charge is 2.18. The molecule has 2 aromatic heterocycles. The monoisotopic (exact) mass is 355 g/mol. The molecule has 0 unspecified atom stereocenters. The highest BCUT2D eigenvalue weighted by atomic mass is 16.7. The lowest BCUT2D eigenvalue weighted by Gasteiger charge is -2.07. The number of aromatic nitrogens is 4. The van der Waals surface area contributed by atoms with Crippen LogP contribution in [0.1, 0.15) is 25.5 Å². The fourth-order valence-electron chi connectivity index (χ4n) is 2.67. The number of nitrogens with zero attached hydrogens (tertiary/aromatic N) is 4. The van der Waals surface area contributed by atoms with Crippen molar-refractivity contribution >= 4 is 11.9 Å². The van der Waals surface area contributed by atoms with Crippen LogP contribution in [0.3, 0.4) is 0 Å². The number of rotatable bonds is 5. The largest absolute Gasteiger partial charge is 0.454 e. The molecule has 3 heterocycles. The zero-order valence-corrected chi connectivity index (χ0v) is 14.3. The van der Waals surface area contributed by atoms with E-state index in [1.807, 2.05) is 19.9 Å². The SMILES string of the molecule is CC(C)n1nccc1-c1nnc(NC(=O)Cc2ccc3c(c2)OCO3)o1. The summed E-state index contributed by atoms with van der Waals surface area (Å²) < 4.78 is 17.9. The lowest BCUT2D eigenvalue weighted by atomic mass is 10.1. The Labute approximate surface area is 148 Å². The molecule has 1 amide bonds. The summed E-state index contributed by atoms with van der Waals surface area (Å²) in [5.41, 5.74) is 1.49. The summed E-state index contributed by atoms with van der Waals surface area (Å²) in [6, 6.07) is 7.35. The first-order valence-electron chi connectivity index (χ1n) is 8.16. The van der Waals surface area contributed by atoms with Gasteiger partial charge >= 0.3 is 6.01 Å². The minimum absolute atomic E-state index is 0.0437. The van der Waals surface area contributed by atoms with Crippen LogP contribution in [0.5, 0.6) is 11.5 Å². The van der Waals surface area contributed by atoms with Gasteiger partial charge in [0.15, 0.2) is 11.5 Å². The molecular formula is C17H17N5O4. The van der Waals surface area contributed by atoms with Gasteiger partial charge in [-0.3, -0.25) is 14.8 Å². The number of anilines is 1. The van der Waals surface area contributed by atoms with Gasteiger partial charge in [-0.25, -0.2) is 0 Å². The molecule has 3 aromatic rings. The van der Waals surface area contributed by atoms with Crippen LogP contribution in [0.15, 0.2) is 34.9 Å². The number of hydrogen-bond acceptors (Lipinski definition) is 7. The third kappa shape index (κ3) is 3.10. The second kappa shape index (κ2) is 6.51. The number of nitrogens with one attached hydrogen (secondary N) is 1. The molecule has 0 fully saturated rings. The fraction of sp³-hybridized carbons (Fsp3) is 0.294. The molecule has 0 saturated heterocycles. The van der Waals surface area contributed by atoms with Crippen molar-refractivity contribution in [1.82, 2.24) is 20.0 Å². The third-order valence-electron chi connectivity index (χ3n) is 3.85. The van der Waals surface area contributed by atoms with Crippen LogP contribution >= 0.6 is 0 Å². The van der Waals surface area contributed by atoms with E-state index in [-0.39, 0.29) is 31.2 Å². The van der Waals surface area contributed by atoms with Crippen LogP contribution in [0.4, 0.5) is 6.01 Å². The summed E-state index contributed by atoms with van der Waals surface area (Å²) in [6.45, 7) is 4.20. The van der Waals surface area contributed by atoms with Crippen molar-refractivity contribution in [2.75, 3.05) is 12.1 Å². The average molecular weight is 355 g/mol. The second-order valence-electron chi connectivity index (χ2n) is 6.08. The standard InChI is InChI=1S/C17H17N5O4/c1-10(2)22-12(5-6-18-22)16-20-21-17(26-16)19-15(23)8-11-3-4-13-14(7-11)25-9-24-13/h3-7,10H,8-9H2,1-2H3,(H,19,21,23). The molecule has 0 radical (unpaired) electrons. The molecule has 1 N–H and O–H groups in total. The molecule has 0 spiro atoms. The van der Waals surface area contributed by atoms with Crippen LogP contribution in [-0.4, -0.2) is 32.7 Å². The quantitative estimate of drug-likeness (QED) is 0.749. The van der Waals surface area contributed by atoms with Gasteiger partial charge in [0.1, 0.15) is 5.69 Å².